The minimum atomic E-state index is -4.51. The molecule has 0 radical (unpaired) electrons. The van der Waals surface area contributed by atoms with Crippen LogP contribution in [0.4, 0.5) is 23.2 Å². The molecule has 2 rings (SSSR count). The van der Waals surface area contributed by atoms with E-state index >= 15 is 0 Å². The summed E-state index contributed by atoms with van der Waals surface area (Å²) in [6.07, 6.45) is -4.09. The minimum Gasteiger partial charge on any atom is -0.298 e. The van der Waals surface area contributed by atoms with Gasteiger partial charge in [0.05, 0.1) is 11.3 Å². The highest BCUT2D eigenvalue weighted by atomic mass is 19.4. The van der Waals surface area contributed by atoms with E-state index in [-0.39, 0.29) is 17.9 Å². The highest BCUT2D eigenvalue weighted by Gasteiger charge is 2.33. The third kappa shape index (κ3) is 4.98. The monoisotopic (exact) mass is 326 g/mol. The molecule has 0 unspecified atom stereocenters. The molecule has 122 valence electrons. The van der Waals surface area contributed by atoms with Crippen molar-refractivity contribution in [3.05, 3.63) is 65.5 Å². The fraction of sp³-hybridized carbons (Fsp3) is 0.188. The summed E-state index contributed by atoms with van der Waals surface area (Å²) in [5.41, 5.74) is 4.19. The number of halogens is 4. The molecule has 0 saturated carbocycles. The van der Waals surface area contributed by atoms with E-state index in [4.69, 9.17) is 0 Å². The fourth-order valence-corrected chi connectivity index (χ4v) is 1.95. The number of carbonyl (C=O) groups excluding carboxylic acids is 1. The molecule has 0 aliphatic heterocycles. The number of nitrogens with one attached hydrogen (secondary N) is 2. The van der Waals surface area contributed by atoms with Crippen LogP contribution in [0.2, 0.25) is 0 Å². The van der Waals surface area contributed by atoms with Crippen LogP contribution in [0.3, 0.4) is 0 Å². The SMILES string of the molecule is O=C(CCc1ccc(F)cc1)NNc1ccccc1C(F)(F)F. The molecule has 0 heterocycles. The molecule has 0 atom stereocenters. The topological polar surface area (TPSA) is 41.1 Å². The molecule has 2 aromatic rings. The second-order valence-corrected chi connectivity index (χ2v) is 4.84. The van der Waals surface area contributed by atoms with Gasteiger partial charge in [0.2, 0.25) is 5.91 Å². The Labute approximate surface area is 130 Å². The van der Waals surface area contributed by atoms with Crippen molar-refractivity contribution in [3.63, 3.8) is 0 Å². The van der Waals surface area contributed by atoms with Crippen LogP contribution in [0.25, 0.3) is 0 Å². The Morgan fingerprint density at radius 1 is 1.00 bits per heavy atom. The number of alkyl halides is 3. The van der Waals surface area contributed by atoms with Crippen LogP contribution < -0.4 is 10.9 Å². The van der Waals surface area contributed by atoms with Crippen molar-refractivity contribution in [2.45, 2.75) is 19.0 Å². The van der Waals surface area contributed by atoms with Gasteiger partial charge in [0, 0.05) is 6.42 Å². The first-order chi connectivity index (χ1) is 10.9. The molecule has 0 aliphatic carbocycles. The number of anilines is 1. The zero-order valence-corrected chi connectivity index (χ0v) is 12.0. The number of rotatable bonds is 5. The lowest BCUT2D eigenvalue weighted by molar-refractivity contribution is -0.137. The fourth-order valence-electron chi connectivity index (χ4n) is 1.95. The third-order valence-corrected chi connectivity index (χ3v) is 3.12. The lowest BCUT2D eigenvalue weighted by Gasteiger charge is -2.14. The van der Waals surface area contributed by atoms with E-state index in [0.717, 1.165) is 11.6 Å². The van der Waals surface area contributed by atoms with Gasteiger partial charge in [-0.15, -0.1) is 0 Å². The van der Waals surface area contributed by atoms with E-state index in [0.29, 0.717) is 6.42 Å². The van der Waals surface area contributed by atoms with E-state index < -0.39 is 17.6 Å². The Balaban J connectivity index is 1.89. The number of para-hydroxylation sites is 1. The molecule has 2 aromatic carbocycles. The summed E-state index contributed by atoms with van der Waals surface area (Å²) in [6, 6.07) is 10.5. The van der Waals surface area contributed by atoms with Crippen LogP contribution in [0.15, 0.2) is 48.5 Å². The van der Waals surface area contributed by atoms with Gasteiger partial charge >= 0.3 is 6.18 Å². The predicted molar refractivity (Wildman–Crippen MR) is 77.9 cm³/mol. The largest absolute Gasteiger partial charge is 0.418 e. The molecule has 0 aromatic heterocycles. The molecule has 0 fully saturated rings. The smallest absolute Gasteiger partial charge is 0.298 e. The van der Waals surface area contributed by atoms with E-state index in [1.807, 2.05) is 0 Å². The molecule has 2 N–H and O–H groups in total. The molecule has 0 saturated heterocycles. The van der Waals surface area contributed by atoms with Crippen LogP contribution >= 0.6 is 0 Å². The first-order valence-electron chi connectivity index (χ1n) is 6.82. The van der Waals surface area contributed by atoms with Crippen LogP contribution in [0, 0.1) is 5.82 Å². The Kier molecular flexibility index (Phi) is 5.20. The maximum Gasteiger partial charge on any atom is 0.418 e. The normalized spacial score (nSPS) is 11.1. The molecule has 0 spiro atoms. The van der Waals surface area contributed by atoms with E-state index in [9.17, 15) is 22.4 Å². The summed E-state index contributed by atoms with van der Waals surface area (Å²) in [5.74, 6) is -0.838. The van der Waals surface area contributed by atoms with Gasteiger partial charge in [-0.3, -0.25) is 15.6 Å². The molecule has 23 heavy (non-hydrogen) atoms. The molecule has 1 amide bonds. The minimum absolute atomic E-state index is 0.0623. The van der Waals surface area contributed by atoms with E-state index in [1.54, 1.807) is 12.1 Å². The molecular formula is C16H14F4N2O. The maximum absolute atomic E-state index is 12.8. The predicted octanol–water partition coefficient (Wildman–Crippen LogP) is 3.92. The zero-order valence-electron chi connectivity index (χ0n) is 12.0. The van der Waals surface area contributed by atoms with Crippen molar-refractivity contribution in [2.75, 3.05) is 5.43 Å². The van der Waals surface area contributed by atoms with Crippen LogP contribution in [0.1, 0.15) is 17.5 Å². The van der Waals surface area contributed by atoms with Gasteiger partial charge in [-0.2, -0.15) is 13.2 Å². The van der Waals surface area contributed by atoms with Gasteiger partial charge in [-0.25, -0.2) is 4.39 Å². The zero-order chi connectivity index (χ0) is 16.9. The van der Waals surface area contributed by atoms with Crippen LogP contribution in [0.5, 0.6) is 0 Å². The van der Waals surface area contributed by atoms with Gasteiger partial charge in [0.15, 0.2) is 0 Å². The number of benzene rings is 2. The number of hydrogen-bond donors (Lipinski definition) is 2. The van der Waals surface area contributed by atoms with E-state index in [1.165, 1.54) is 30.3 Å². The van der Waals surface area contributed by atoms with Gasteiger partial charge in [0.1, 0.15) is 5.82 Å². The maximum atomic E-state index is 12.8. The number of hydrogen-bond acceptors (Lipinski definition) is 2. The molecular weight excluding hydrogens is 312 g/mol. The number of hydrazine groups is 1. The first-order valence-corrected chi connectivity index (χ1v) is 6.82. The van der Waals surface area contributed by atoms with Crippen molar-refractivity contribution in [1.82, 2.24) is 5.43 Å². The standard InChI is InChI=1S/C16H14F4N2O/c17-12-8-5-11(6-9-12)7-10-15(23)22-21-14-4-2-1-3-13(14)16(18,19)20/h1-6,8-9,21H,7,10H2,(H,22,23). The average Bonchev–Trinajstić information content (AvgIpc) is 2.52. The van der Waals surface area contributed by atoms with Crippen molar-refractivity contribution < 1.29 is 22.4 Å². The number of aryl methyl sites for hydroxylation is 1. The number of carbonyl (C=O) groups is 1. The lowest BCUT2D eigenvalue weighted by Crippen LogP contribution is -2.30. The second-order valence-electron chi connectivity index (χ2n) is 4.84. The molecule has 7 heteroatoms. The summed E-state index contributed by atoms with van der Waals surface area (Å²) in [6.45, 7) is 0. The average molecular weight is 326 g/mol. The molecule has 3 nitrogen and oxygen atoms in total. The Bertz CT molecular complexity index is 669. The molecule has 0 bridgehead atoms. The highest BCUT2D eigenvalue weighted by molar-refractivity contribution is 5.77. The quantitative estimate of drug-likeness (QED) is 0.646. The summed E-state index contributed by atoms with van der Waals surface area (Å²) >= 11 is 0. The van der Waals surface area contributed by atoms with Gasteiger partial charge < -0.3 is 0 Å². The van der Waals surface area contributed by atoms with Gasteiger partial charge in [-0.1, -0.05) is 24.3 Å². The van der Waals surface area contributed by atoms with Crippen LogP contribution in [-0.2, 0) is 17.4 Å². The highest BCUT2D eigenvalue weighted by Crippen LogP contribution is 2.34. The van der Waals surface area contributed by atoms with Crippen LogP contribution in [-0.4, -0.2) is 5.91 Å². The first kappa shape index (κ1) is 16.8. The Morgan fingerprint density at radius 3 is 2.30 bits per heavy atom. The Morgan fingerprint density at radius 2 is 1.65 bits per heavy atom. The van der Waals surface area contributed by atoms with E-state index in [2.05, 4.69) is 10.9 Å². The van der Waals surface area contributed by atoms with Crippen molar-refractivity contribution in [2.24, 2.45) is 0 Å². The second kappa shape index (κ2) is 7.13. The third-order valence-electron chi connectivity index (χ3n) is 3.12. The Hall–Kier alpha value is -2.57. The summed E-state index contributed by atoms with van der Waals surface area (Å²) < 4.78 is 51.1. The summed E-state index contributed by atoms with van der Waals surface area (Å²) in [7, 11) is 0. The summed E-state index contributed by atoms with van der Waals surface area (Å²) in [4.78, 5) is 11.7. The van der Waals surface area contributed by atoms with Gasteiger partial charge in [-0.05, 0) is 36.2 Å². The van der Waals surface area contributed by atoms with Gasteiger partial charge in [0.25, 0.3) is 0 Å². The van der Waals surface area contributed by atoms with Crippen molar-refractivity contribution in [1.29, 1.82) is 0 Å². The molecule has 0 aliphatic rings. The lowest BCUT2D eigenvalue weighted by atomic mass is 10.1. The number of amides is 1. The summed E-state index contributed by atoms with van der Waals surface area (Å²) in [5, 5.41) is 0. The van der Waals surface area contributed by atoms with Crippen molar-refractivity contribution >= 4 is 11.6 Å². The van der Waals surface area contributed by atoms with Crippen molar-refractivity contribution in [3.8, 4) is 0 Å².